The van der Waals surface area contributed by atoms with Crippen LogP contribution >= 0.6 is 11.6 Å². The molecule has 4 rings (SSSR count). The lowest BCUT2D eigenvalue weighted by Gasteiger charge is -2.49. The standard InChI is InChI=1S/C27H36ClN7O2/c1-16(2)35-15-19(13-30-35)24-20(28)14-29-26(33-24)32-22-9-8-18(12-23(22)37-7)25(36)31-21-10-11-34(6)27(4,5)17(21)3/h8-9,12-17,21H,10-11H2,1-7H3,(H,31,36)(H,29,32,33). The molecule has 1 amide bonds. The number of nitrogens with one attached hydrogen (secondary N) is 2. The lowest BCUT2D eigenvalue weighted by Crippen LogP contribution is -2.59. The SMILES string of the molecule is COc1cc(C(=O)NC2CCN(C)C(C)(C)C2C)ccc1Nc1ncc(Cl)c(-c2cnn(C(C)C)c2)n1. The molecule has 9 nitrogen and oxygen atoms in total. The molecular formula is C27H36ClN7O2. The number of rotatable bonds is 7. The molecule has 0 aliphatic carbocycles. The van der Waals surface area contributed by atoms with Crippen molar-refractivity contribution in [3.05, 3.63) is 47.4 Å². The minimum atomic E-state index is -0.116. The van der Waals surface area contributed by atoms with E-state index in [9.17, 15) is 4.79 Å². The molecule has 0 saturated carbocycles. The van der Waals surface area contributed by atoms with Crippen molar-refractivity contribution >= 4 is 29.1 Å². The van der Waals surface area contributed by atoms with Gasteiger partial charge in [0, 0.05) is 41.5 Å². The molecule has 2 unspecified atom stereocenters. The summed E-state index contributed by atoms with van der Waals surface area (Å²) < 4.78 is 7.44. The fraction of sp³-hybridized carbons (Fsp3) is 0.481. The zero-order valence-corrected chi connectivity index (χ0v) is 23.3. The first-order chi connectivity index (χ1) is 17.5. The van der Waals surface area contributed by atoms with Crippen LogP contribution in [0.4, 0.5) is 11.6 Å². The summed E-state index contributed by atoms with van der Waals surface area (Å²) in [5.74, 6) is 1.06. The van der Waals surface area contributed by atoms with E-state index in [1.165, 1.54) is 0 Å². The number of carbonyl (C=O) groups excluding carboxylic acids is 1. The molecule has 2 atom stereocenters. The van der Waals surface area contributed by atoms with Crippen molar-refractivity contribution in [1.82, 2.24) is 30.0 Å². The second kappa shape index (κ2) is 10.7. The Balaban J connectivity index is 1.52. The maximum atomic E-state index is 13.1. The highest BCUT2D eigenvalue weighted by molar-refractivity contribution is 6.32. The van der Waals surface area contributed by atoms with Gasteiger partial charge in [-0.05, 0) is 65.3 Å². The van der Waals surface area contributed by atoms with Gasteiger partial charge < -0.3 is 20.3 Å². The number of hydrogen-bond donors (Lipinski definition) is 2. The first-order valence-corrected chi connectivity index (χ1v) is 12.9. The van der Waals surface area contributed by atoms with Crippen molar-refractivity contribution in [1.29, 1.82) is 0 Å². The number of aromatic nitrogens is 4. The number of carbonyl (C=O) groups is 1. The van der Waals surface area contributed by atoms with Crippen molar-refractivity contribution in [3.8, 4) is 17.0 Å². The molecule has 0 spiro atoms. The number of likely N-dealkylation sites (tertiary alicyclic amines) is 1. The van der Waals surface area contributed by atoms with Crippen LogP contribution < -0.4 is 15.4 Å². The second-order valence-corrected chi connectivity index (χ2v) is 10.9. The molecule has 1 aromatic carbocycles. The molecule has 1 saturated heterocycles. The van der Waals surface area contributed by atoms with Crippen molar-refractivity contribution < 1.29 is 9.53 Å². The molecule has 2 N–H and O–H groups in total. The monoisotopic (exact) mass is 525 g/mol. The summed E-state index contributed by atoms with van der Waals surface area (Å²) in [6.45, 7) is 11.7. The van der Waals surface area contributed by atoms with Crippen LogP contribution in [0, 0.1) is 5.92 Å². The van der Waals surface area contributed by atoms with E-state index in [0.717, 1.165) is 18.5 Å². The first kappa shape index (κ1) is 26.9. The van der Waals surface area contributed by atoms with Crippen molar-refractivity contribution in [2.75, 3.05) is 26.0 Å². The van der Waals surface area contributed by atoms with Gasteiger partial charge in [-0.25, -0.2) is 9.97 Å². The van der Waals surface area contributed by atoms with E-state index in [0.29, 0.717) is 39.6 Å². The first-order valence-electron chi connectivity index (χ1n) is 12.6. The van der Waals surface area contributed by atoms with Crippen LogP contribution in [0.3, 0.4) is 0 Å². The van der Waals surface area contributed by atoms with Gasteiger partial charge in [0.1, 0.15) is 5.75 Å². The number of halogens is 1. The van der Waals surface area contributed by atoms with Gasteiger partial charge in [0.2, 0.25) is 5.95 Å². The van der Waals surface area contributed by atoms with Crippen LogP contribution in [0.5, 0.6) is 5.75 Å². The van der Waals surface area contributed by atoms with Gasteiger partial charge in [0.15, 0.2) is 0 Å². The molecule has 198 valence electrons. The van der Waals surface area contributed by atoms with Gasteiger partial charge >= 0.3 is 0 Å². The van der Waals surface area contributed by atoms with Crippen LogP contribution in [0.1, 0.15) is 57.4 Å². The van der Waals surface area contributed by atoms with Crippen LogP contribution in [0.25, 0.3) is 11.3 Å². The van der Waals surface area contributed by atoms with E-state index < -0.39 is 0 Å². The Kier molecular flexibility index (Phi) is 7.75. The lowest BCUT2D eigenvalue weighted by atomic mass is 9.77. The maximum absolute atomic E-state index is 13.1. The number of hydrogen-bond acceptors (Lipinski definition) is 7. The summed E-state index contributed by atoms with van der Waals surface area (Å²) in [5, 5.41) is 11.2. The quantitative estimate of drug-likeness (QED) is 0.439. The average molecular weight is 526 g/mol. The zero-order chi connectivity index (χ0) is 26.9. The summed E-state index contributed by atoms with van der Waals surface area (Å²) in [6, 6.07) is 5.62. The van der Waals surface area contributed by atoms with Crippen LogP contribution in [-0.2, 0) is 0 Å². The van der Waals surface area contributed by atoms with Gasteiger partial charge in [0.25, 0.3) is 5.91 Å². The number of ether oxygens (including phenoxy) is 1. The van der Waals surface area contributed by atoms with Crippen molar-refractivity contribution in [2.24, 2.45) is 5.92 Å². The van der Waals surface area contributed by atoms with Gasteiger partial charge in [-0.1, -0.05) is 18.5 Å². The number of benzene rings is 1. The Morgan fingerprint density at radius 2 is 2.03 bits per heavy atom. The van der Waals surface area contributed by atoms with E-state index in [4.69, 9.17) is 16.3 Å². The molecule has 3 heterocycles. The molecule has 37 heavy (non-hydrogen) atoms. The average Bonchev–Trinajstić information content (AvgIpc) is 3.36. The molecule has 0 bridgehead atoms. The van der Waals surface area contributed by atoms with Crippen molar-refractivity contribution in [3.63, 3.8) is 0 Å². The van der Waals surface area contributed by atoms with E-state index in [1.54, 1.807) is 37.7 Å². The molecule has 0 radical (unpaired) electrons. The molecule has 2 aromatic heterocycles. The topological polar surface area (TPSA) is 97.2 Å². The Hall–Kier alpha value is -3.17. The highest BCUT2D eigenvalue weighted by Crippen LogP contribution is 2.33. The number of methoxy groups -OCH3 is 1. The molecular weight excluding hydrogens is 490 g/mol. The second-order valence-electron chi connectivity index (χ2n) is 10.5. The Labute approximate surface area is 223 Å². The fourth-order valence-electron chi connectivity index (χ4n) is 4.59. The van der Waals surface area contributed by atoms with Crippen LogP contribution in [0.2, 0.25) is 5.02 Å². The fourth-order valence-corrected chi connectivity index (χ4v) is 4.79. The summed E-state index contributed by atoms with van der Waals surface area (Å²) in [6.07, 6.45) is 6.11. The normalized spacial score (nSPS) is 19.6. The Morgan fingerprint density at radius 1 is 1.27 bits per heavy atom. The Bertz CT molecular complexity index is 1270. The third-order valence-electron chi connectivity index (χ3n) is 7.65. The number of piperidine rings is 1. The maximum Gasteiger partial charge on any atom is 0.251 e. The third kappa shape index (κ3) is 5.57. The minimum absolute atomic E-state index is 0.00652. The number of anilines is 2. The zero-order valence-electron chi connectivity index (χ0n) is 22.5. The molecule has 3 aromatic rings. The highest BCUT2D eigenvalue weighted by atomic mass is 35.5. The van der Waals surface area contributed by atoms with Crippen molar-refractivity contribution in [2.45, 2.75) is 58.7 Å². The lowest BCUT2D eigenvalue weighted by molar-refractivity contribution is 0.0289. The van der Waals surface area contributed by atoms with Gasteiger partial charge in [0.05, 0.1) is 35.9 Å². The summed E-state index contributed by atoms with van der Waals surface area (Å²) >= 11 is 6.39. The molecule has 1 fully saturated rings. The predicted molar refractivity (Wildman–Crippen MR) is 147 cm³/mol. The van der Waals surface area contributed by atoms with E-state index >= 15 is 0 Å². The van der Waals surface area contributed by atoms with Gasteiger partial charge in [-0.3, -0.25) is 9.48 Å². The van der Waals surface area contributed by atoms with E-state index in [2.05, 4.69) is 72.3 Å². The third-order valence-corrected chi connectivity index (χ3v) is 7.93. The largest absolute Gasteiger partial charge is 0.495 e. The minimum Gasteiger partial charge on any atom is -0.495 e. The summed E-state index contributed by atoms with van der Waals surface area (Å²) in [4.78, 5) is 24.4. The summed E-state index contributed by atoms with van der Waals surface area (Å²) in [5.41, 5.74) is 2.56. The predicted octanol–water partition coefficient (Wildman–Crippen LogP) is 5.18. The van der Waals surface area contributed by atoms with Gasteiger partial charge in [-0.2, -0.15) is 5.10 Å². The summed E-state index contributed by atoms with van der Waals surface area (Å²) in [7, 11) is 3.70. The highest BCUT2D eigenvalue weighted by Gasteiger charge is 2.40. The smallest absolute Gasteiger partial charge is 0.251 e. The molecule has 1 aliphatic rings. The van der Waals surface area contributed by atoms with Crippen LogP contribution in [-0.4, -0.2) is 62.8 Å². The molecule has 1 aliphatic heterocycles. The van der Waals surface area contributed by atoms with E-state index in [-0.39, 0.29) is 23.5 Å². The Morgan fingerprint density at radius 3 is 2.70 bits per heavy atom. The van der Waals surface area contributed by atoms with Crippen LogP contribution in [0.15, 0.2) is 36.8 Å². The van der Waals surface area contributed by atoms with Gasteiger partial charge in [-0.15, -0.1) is 0 Å². The number of amides is 1. The molecule has 10 heteroatoms. The van der Waals surface area contributed by atoms with E-state index in [1.807, 2.05) is 10.9 Å². The number of nitrogens with zero attached hydrogens (tertiary/aromatic N) is 5.